The van der Waals surface area contributed by atoms with Crippen molar-refractivity contribution >= 4 is 11.9 Å². The molecular formula is C11H16N4O2. The molecule has 1 saturated heterocycles. The van der Waals surface area contributed by atoms with Crippen LogP contribution in [0.1, 0.15) is 22.5 Å². The molecule has 0 aromatic carbocycles. The van der Waals surface area contributed by atoms with E-state index in [-0.39, 0.29) is 5.56 Å². The van der Waals surface area contributed by atoms with Gasteiger partial charge in [-0.15, -0.1) is 0 Å². The number of anilines is 1. The van der Waals surface area contributed by atoms with Crippen molar-refractivity contribution in [3.05, 3.63) is 17.5 Å². The van der Waals surface area contributed by atoms with Crippen LogP contribution in [-0.2, 0) is 0 Å². The SMILES string of the molecule is Cc1nc(N2CCCNCC2)ncc1C(=O)O. The zero-order valence-corrected chi connectivity index (χ0v) is 9.81. The van der Waals surface area contributed by atoms with Gasteiger partial charge in [0.15, 0.2) is 0 Å². The molecule has 0 amide bonds. The first kappa shape index (κ1) is 11.8. The Labute approximate surface area is 99.7 Å². The van der Waals surface area contributed by atoms with E-state index in [0.29, 0.717) is 11.6 Å². The maximum Gasteiger partial charge on any atom is 0.339 e. The minimum Gasteiger partial charge on any atom is -0.478 e. The van der Waals surface area contributed by atoms with Crippen LogP contribution in [0.4, 0.5) is 5.95 Å². The van der Waals surface area contributed by atoms with Crippen molar-refractivity contribution in [3.63, 3.8) is 0 Å². The van der Waals surface area contributed by atoms with E-state index in [1.54, 1.807) is 6.92 Å². The molecule has 0 spiro atoms. The van der Waals surface area contributed by atoms with Crippen LogP contribution in [0.3, 0.4) is 0 Å². The predicted octanol–water partition coefficient (Wildman–Crippen LogP) is 0.283. The Morgan fingerprint density at radius 1 is 1.47 bits per heavy atom. The van der Waals surface area contributed by atoms with Crippen molar-refractivity contribution in [3.8, 4) is 0 Å². The summed E-state index contributed by atoms with van der Waals surface area (Å²) in [6.07, 6.45) is 2.43. The predicted molar refractivity (Wildman–Crippen MR) is 63.4 cm³/mol. The summed E-state index contributed by atoms with van der Waals surface area (Å²) in [5.41, 5.74) is 0.682. The van der Waals surface area contributed by atoms with E-state index in [9.17, 15) is 4.79 Å². The maximum atomic E-state index is 10.9. The molecule has 0 atom stereocenters. The molecule has 2 N–H and O–H groups in total. The van der Waals surface area contributed by atoms with Crippen molar-refractivity contribution in [1.29, 1.82) is 0 Å². The maximum absolute atomic E-state index is 10.9. The van der Waals surface area contributed by atoms with E-state index >= 15 is 0 Å². The standard InChI is InChI=1S/C11H16N4O2/c1-8-9(10(16)17)7-13-11(14-8)15-5-2-3-12-4-6-15/h7,12H,2-6H2,1H3,(H,16,17). The summed E-state index contributed by atoms with van der Waals surface area (Å²) in [5.74, 6) is -0.359. The van der Waals surface area contributed by atoms with E-state index in [0.717, 1.165) is 32.6 Å². The Balaban J connectivity index is 2.21. The average Bonchev–Trinajstić information content (AvgIpc) is 2.56. The van der Waals surface area contributed by atoms with Crippen molar-refractivity contribution < 1.29 is 9.90 Å². The van der Waals surface area contributed by atoms with Gasteiger partial charge in [-0.2, -0.15) is 0 Å². The van der Waals surface area contributed by atoms with Crippen molar-refractivity contribution in [2.75, 3.05) is 31.1 Å². The molecule has 2 rings (SSSR count). The molecule has 17 heavy (non-hydrogen) atoms. The second-order valence-electron chi connectivity index (χ2n) is 4.06. The number of nitrogens with zero attached hydrogens (tertiary/aromatic N) is 3. The Morgan fingerprint density at radius 2 is 2.29 bits per heavy atom. The van der Waals surface area contributed by atoms with Crippen LogP contribution < -0.4 is 10.2 Å². The van der Waals surface area contributed by atoms with Gasteiger partial charge in [-0.1, -0.05) is 0 Å². The summed E-state index contributed by atoms with van der Waals surface area (Å²) in [5, 5.41) is 12.2. The molecule has 0 bridgehead atoms. The van der Waals surface area contributed by atoms with Crippen molar-refractivity contribution in [2.24, 2.45) is 0 Å². The molecule has 1 aromatic rings. The van der Waals surface area contributed by atoms with Gasteiger partial charge in [0.1, 0.15) is 0 Å². The van der Waals surface area contributed by atoms with E-state index in [2.05, 4.69) is 20.2 Å². The second-order valence-corrected chi connectivity index (χ2v) is 4.06. The molecular weight excluding hydrogens is 220 g/mol. The van der Waals surface area contributed by atoms with Gasteiger partial charge in [-0.25, -0.2) is 14.8 Å². The molecule has 1 fully saturated rings. The number of aromatic carboxylic acids is 1. The van der Waals surface area contributed by atoms with Gasteiger partial charge >= 0.3 is 5.97 Å². The van der Waals surface area contributed by atoms with E-state index in [1.165, 1.54) is 6.20 Å². The lowest BCUT2D eigenvalue weighted by molar-refractivity contribution is 0.0695. The third-order valence-corrected chi connectivity index (χ3v) is 2.82. The van der Waals surface area contributed by atoms with Crippen LogP contribution in [0, 0.1) is 6.92 Å². The van der Waals surface area contributed by atoms with Gasteiger partial charge in [0, 0.05) is 25.8 Å². The van der Waals surface area contributed by atoms with Gasteiger partial charge in [-0.3, -0.25) is 0 Å². The third-order valence-electron chi connectivity index (χ3n) is 2.82. The summed E-state index contributed by atoms with van der Waals surface area (Å²) < 4.78 is 0. The number of aryl methyl sites for hydroxylation is 1. The number of carbonyl (C=O) groups is 1. The molecule has 6 nitrogen and oxygen atoms in total. The smallest absolute Gasteiger partial charge is 0.339 e. The summed E-state index contributed by atoms with van der Waals surface area (Å²) in [6.45, 7) is 5.36. The largest absolute Gasteiger partial charge is 0.478 e. The molecule has 6 heteroatoms. The number of carboxylic acids is 1. The fourth-order valence-electron chi connectivity index (χ4n) is 1.86. The van der Waals surface area contributed by atoms with Gasteiger partial charge in [0.25, 0.3) is 0 Å². The zero-order chi connectivity index (χ0) is 12.3. The van der Waals surface area contributed by atoms with Gasteiger partial charge in [0.2, 0.25) is 5.95 Å². The van der Waals surface area contributed by atoms with Crippen LogP contribution in [0.25, 0.3) is 0 Å². The van der Waals surface area contributed by atoms with Gasteiger partial charge < -0.3 is 15.3 Å². The number of carboxylic acid groups (broad SMARTS) is 1. The second kappa shape index (κ2) is 5.09. The normalized spacial score (nSPS) is 16.6. The Bertz CT molecular complexity index is 414. The van der Waals surface area contributed by atoms with Crippen LogP contribution >= 0.6 is 0 Å². The molecule has 0 saturated carbocycles. The fourth-order valence-corrected chi connectivity index (χ4v) is 1.86. The summed E-state index contributed by atoms with van der Waals surface area (Å²) >= 11 is 0. The molecule has 1 aromatic heterocycles. The number of rotatable bonds is 2. The third kappa shape index (κ3) is 2.71. The Hall–Kier alpha value is -1.69. The topological polar surface area (TPSA) is 78.4 Å². The molecule has 1 aliphatic heterocycles. The Morgan fingerprint density at radius 3 is 3.00 bits per heavy atom. The number of nitrogens with one attached hydrogen (secondary N) is 1. The van der Waals surface area contributed by atoms with Crippen LogP contribution in [0.2, 0.25) is 0 Å². The molecule has 2 heterocycles. The highest BCUT2D eigenvalue weighted by Gasteiger charge is 2.15. The monoisotopic (exact) mass is 236 g/mol. The average molecular weight is 236 g/mol. The van der Waals surface area contributed by atoms with Crippen LogP contribution in [0.15, 0.2) is 6.20 Å². The Kier molecular flexibility index (Phi) is 3.53. The zero-order valence-electron chi connectivity index (χ0n) is 9.81. The lowest BCUT2D eigenvalue weighted by atomic mass is 10.2. The van der Waals surface area contributed by atoms with E-state index in [4.69, 9.17) is 5.11 Å². The quantitative estimate of drug-likeness (QED) is 0.768. The number of aromatic nitrogens is 2. The highest BCUT2D eigenvalue weighted by atomic mass is 16.4. The first-order valence-corrected chi connectivity index (χ1v) is 5.71. The lowest BCUT2D eigenvalue weighted by Crippen LogP contribution is -2.29. The van der Waals surface area contributed by atoms with Gasteiger partial charge in [-0.05, 0) is 19.9 Å². The molecule has 92 valence electrons. The van der Waals surface area contributed by atoms with Crippen molar-refractivity contribution in [2.45, 2.75) is 13.3 Å². The number of hydrogen-bond donors (Lipinski definition) is 2. The first-order valence-electron chi connectivity index (χ1n) is 5.71. The fraction of sp³-hybridized carbons (Fsp3) is 0.545. The van der Waals surface area contributed by atoms with Crippen molar-refractivity contribution in [1.82, 2.24) is 15.3 Å². The first-order chi connectivity index (χ1) is 8.18. The lowest BCUT2D eigenvalue weighted by Gasteiger charge is -2.20. The number of hydrogen-bond acceptors (Lipinski definition) is 5. The minimum atomic E-state index is -0.980. The summed E-state index contributed by atoms with van der Waals surface area (Å²) in [6, 6.07) is 0. The highest BCUT2D eigenvalue weighted by molar-refractivity contribution is 5.88. The molecule has 0 unspecified atom stereocenters. The minimum absolute atomic E-state index is 0.168. The summed E-state index contributed by atoms with van der Waals surface area (Å²) in [7, 11) is 0. The summed E-state index contributed by atoms with van der Waals surface area (Å²) in [4.78, 5) is 21.3. The molecule has 1 aliphatic rings. The van der Waals surface area contributed by atoms with E-state index < -0.39 is 5.97 Å². The van der Waals surface area contributed by atoms with E-state index in [1.807, 2.05) is 0 Å². The van der Waals surface area contributed by atoms with Crippen LogP contribution in [0.5, 0.6) is 0 Å². The van der Waals surface area contributed by atoms with Gasteiger partial charge in [0.05, 0.1) is 11.3 Å². The molecule has 0 radical (unpaired) electrons. The molecule has 0 aliphatic carbocycles. The van der Waals surface area contributed by atoms with Crippen LogP contribution in [-0.4, -0.2) is 47.2 Å². The highest BCUT2D eigenvalue weighted by Crippen LogP contribution is 2.12.